The van der Waals surface area contributed by atoms with E-state index in [2.05, 4.69) is 10.5 Å². The lowest BCUT2D eigenvalue weighted by molar-refractivity contribution is 0.0959. The Morgan fingerprint density at radius 2 is 2.07 bits per heavy atom. The zero-order chi connectivity index (χ0) is 19.2. The van der Waals surface area contributed by atoms with Crippen molar-refractivity contribution in [1.29, 1.82) is 0 Å². The van der Waals surface area contributed by atoms with E-state index in [4.69, 9.17) is 21.1 Å². The van der Waals surface area contributed by atoms with Crippen molar-refractivity contribution in [2.75, 3.05) is 13.7 Å². The summed E-state index contributed by atoms with van der Waals surface area (Å²) in [7, 11) is 1.58. The second kappa shape index (κ2) is 8.88. The first-order chi connectivity index (χ1) is 13.1. The average molecular weight is 403 g/mol. The summed E-state index contributed by atoms with van der Waals surface area (Å²) in [5, 5.41) is 5.34. The third-order valence-electron chi connectivity index (χ3n) is 3.77. The maximum Gasteiger partial charge on any atom is 0.283 e. The highest BCUT2D eigenvalue weighted by Gasteiger charge is 2.16. The minimum Gasteiger partial charge on any atom is -0.493 e. The van der Waals surface area contributed by atoms with Crippen LogP contribution in [-0.2, 0) is 0 Å². The van der Waals surface area contributed by atoms with Crippen LogP contribution in [0.2, 0.25) is 5.02 Å². The molecule has 2 aromatic carbocycles. The molecule has 0 aliphatic carbocycles. The molecule has 0 bridgehead atoms. The fourth-order valence-electron chi connectivity index (χ4n) is 2.47. The fourth-order valence-corrected chi connectivity index (χ4v) is 3.88. The summed E-state index contributed by atoms with van der Waals surface area (Å²) in [4.78, 5) is 12.8. The number of carbonyl (C=O) groups is 1. The zero-order valence-electron chi connectivity index (χ0n) is 15.0. The number of methoxy groups -OCH3 is 1. The summed E-state index contributed by atoms with van der Waals surface area (Å²) >= 11 is 7.65. The van der Waals surface area contributed by atoms with Crippen molar-refractivity contribution in [3.63, 3.8) is 0 Å². The molecule has 0 atom stereocenters. The van der Waals surface area contributed by atoms with Crippen molar-refractivity contribution in [1.82, 2.24) is 5.43 Å². The van der Waals surface area contributed by atoms with E-state index in [1.807, 2.05) is 43.3 Å². The van der Waals surface area contributed by atoms with Gasteiger partial charge in [0.25, 0.3) is 5.91 Å². The first-order valence-corrected chi connectivity index (χ1v) is 9.64. The monoisotopic (exact) mass is 402 g/mol. The SMILES string of the molecule is CCCOc1ccc(C=NNC(=O)c2sc3ccccc3c2Cl)cc1OC. The molecule has 5 nitrogen and oxygen atoms in total. The number of ether oxygens (including phenoxy) is 2. The summed E-state index contributed by atoms with van der Waals surface area (Å²) in [5.74, 6) is 0.955. The predicted octanol–water partition coefficient (Wildman–Crippen LogP) is 5.12. The van der Waals surface area contributed by atoms with Crippen LogP contribution in [0, 0.1) is 0 Å². The van der Waals surface area contributed by atoms with E-state index in [1.54, 1.807) is 19.4 Å². The third kappa shape index (κ3) is 4.40. The molecule has 3 aromatic rings. The largest absolute Gasteiger partial charge is 0.493 e. The molecule has 27 heavy (non-hydrogen) atoms. The topological polar surface area (TPSA) is 59.9 Å². The van der Waals surface area contributed by atoms with Gasteiger partial charge in [-0.3, -0.25) is 4.79 Å². The van der Waals surface area contributed by atoms with Gasteiger partial charge >= 0.3 is 0 Å². The van der Waals surface area contributed by atoms with Gasteiger partial charge < -0.3 is 9.47 Å². The van der Waals surface area contributed by atoms with Gasteiger partial charge in [0.1, 0.15) is 4.88 Å². The minimum atomic E-state index is -0.340. The number of nitrogens with zero attached hydrogens (tertiary/aromatic N) is 1. The van der Waals surface area contributed by atoms with Crippen LogP contribution >= 0.6 is 22.9 Å². The number of nitrogens with one attached hydrogen (secondary N) is 1. The van der Waals surface area contributed by atoms with Crippen molar-refractivity contribution in [3.8, 4) is 11.5 Å². The van der Waals surface area contributed by atoms with Crippen LogP contribution < -0.4 is 14.9 Å². The zero-order valence-corrected chi connectivity index (χ0v) is 16.6. The van der Waals surface area contributed by atoms with Gasteiger partial charge in [-0.25, -0.2) is 5.43 Å². The van der Waals surface area contributed by atoms with Gasteiger partial charge in [-0.05, 0) is 36.2 Å². The molecule has 0 spiro atoms. The number of halogens is 1. The molecular formula is C20H19ClN2O3S. The quantitative estimate of drug-likeness (QED) is 0.441. The van der Waals surface area contributed by atoms with Crippen LogP contribution in [0.15, 0.2) is 47.6 Å². The molecule has 1 aromatic heterocycles. The number of thiophene rings is 1. The summed E-state index contributed by atoms with van der Waals surface area (Å²) in [6.45, 7) is 2.66. The van der Waals surface area contributed by atoms with Crippen LogP contribution in [0.1, 0.15) is 28.6 Å². The Bertz CT molecular complexity index is 985. The average Bonchev–Trinajstić information content (AvgIpc) is 3.03. The van der Waals surface area contributed by atoms with Crippen molar-refractivity contribution in [3.05, 3.63) is 57.9 Å². The molecule has 0 saturated carbocycles. The van der Waals surface area contributed by atoms with E-state index >= 15 is 0 Å². The highest BCUT2D eigenvalue weighted by Crippen LogP contribution is 2.35. The Kier molecular flexibility index (Phi) is 6.32. The fraction of sp³-hybridized carbons (Fsp3) is 0.200. The lowest BCUT2D eigenvalue weighted by atomic mass is 10.2. The van der Waals surface area contributed by atoms with Crippen LogP contribution in [-0.4, -0.2) is 25.8 Å². The molecule has 0 aliphatic rings. The van der Waals surface area contributed by atoms with E-state index in [9.17, 15) is 4.79 Å². The summed E-state index contributed by atoms with van der Waals surface area (Å²) < 4.78 is 11.9. The first-order valence-electron chi connectivity index (χ1n) is 8.45. The molecule has 0 radical (unpaired) electrons. The van der Waals surface area contributed by atoms with E-state index in [0.717, 1.165) is 22.1 Å². The Morgan fingerprint density at radius 1 is 1.26 bits per heavy atom. The van der Waals surface area contributed by atoms with Crippen molar-refractivity contribution in [2.24, 2.45) is 5.10 Å². The molecule has 0 unspecified atom stereocenters. The van der Waals surface area contributed by atoms with E-state index in [0.29, 0.717) is 28.0 Å². The Morgan fingerprint density at radius 3 is 2.81 bits per heavy atom. The first kappa shape index (κ1) is 19.2. The number of hydrazone groups is 1. The van der Waals surface area contributed by atoms with Gasteiger partial charge in [-0.1, -0.05) is 36.7 Å². The number of amides is 1. The van der Waals surface area contributed by atoms with Crippen molar-refractivity contribution < 1.29 is 14.3 Å². The van der Waals surface area contributed by atoms with Gasteiger partial charge in [-0.15, -0.1) is 11.3 Å². The number of fused-ring (bicyclic) bond motifs is 1. The second-order valence-electron chi connectivity index (χ2n) is 5.70. The molecular weight excluding hydrogens is 384 g/mol. The van der Waals surface area contributed by atoms with Gasteiger partial charge in [0.2, 0.25) is 0 Å². The summed E-state index contributed by atoms with van der Waals surface area (Å²) in [6.07, 6.45) is 2.46. The standard InChI is InChI=1S/C20H19ClN2O3S/c1-3-10-26-15-9-8-13(11-16(15)25-2)12-22-23-20(24)19-18(21)14-6-4-5-7-17(14)27-19/h4-9,11-12H,3,10H2,1-2H3,(H,23,24). The maximum absolute atomic E-state index is 12.4. The van der Waals surface area contributed by atoms with Crippen LogP contribution in [0.4, 0.5) is 0 Å². The lowest BCUT2D eigenvalue weighted by Crippen LogP contribution is -2.16. The predicted molar refractivity (Wildman–Crippen MR) is 111 cm³/mol. The molecule has 1 amide bonds. The molecule has 140 valence electrons. The van der Waals surface area contributed by atoms with E-state index in [-0.39, 0.29) is 5.91 Å². The van der Waals surface area contributed by atoms with E-state index < -0.39 is 0 Å². The molecule has 0 fully saturated rings. The number of rotatable bonds is 7. The van der Waals surface area contributed by atoms with Crippen LogP contribution in [0.5, 0.6) is 11.5 Å². The minimum absolute atomic E-state index is 0.340. The van der Waals surface area contributed by atoms with Crippen LogP contribution in [0.25, 0.3) is 10.1 Å². The van der Waals surface area contributed by atoms with Crippen molar-refractivity contribution >= 4 is 45.1 Å². The second-order valence-corrected chi connectivity index (χ2v) is 7.13. The summed E-state index contributed by atoms with van der Waals surface area (Å²) in [6, 6.07) is 13.1. The maximum atomic E-state index is 12.4. The van der Waals surface area contributed by atoms with Gasteiger partial charge in [-0.2, -0.15) is 5.10 Å². The smallest absolute Gasteiger partial charge is 0.283 e. The number of benzene rings is 2. The highest BCUT2D eigenvalue weighted by molar-refractivity contribution is 7.21. The molecule has 7 heteroatoms. The molecule has 0 saturated heterocycles. The Labute approximate surface area is 166 Å². The van der Waals surface area contributed by atoms with Gasteiger partial charge in [0.05, 0.1) is 25.0 Å². The summed E-state index contributed by atoms with van der Waals surface area (Å²) in [5.41, 5.74) is 3.30. The van der Waals surface area contributed by atoms with Crippen molar-refractivity contribution in [2.45, 2.75) is 13.3 Å². The molecule has 1 heterocycles. The van der Waals surface area contributed by atoms with E-state index in [1.165, 1.54) is 11.3 Å². The van der Waals surface area contributed by atoms with Gasteiger partial charge in [0, 0.05) is 10.1 Å². The highest BCUT2D eigenvalue weighted by atomic mass is 35.5. The Balaban J connectivity index is 1.71. The van der Waals surface area contributed by atoms with Crippen LogP contribution in [0.3, 0.4) is 0 Å². The third-order valence-corrected chi connectivity index (χ3v) is 5.44. The molecule has 0 aliphatic heterocycles. The number of hydrogen-bond acceptors (Lipinski definition) is 5. The van der Waals surface area contributed by atoms with Gasteiger partial charge in [0.15, 0.2) is 11.5 Å². The molecule has 1 N–H and O–H groups in total. The number of carbonyl (C=O) groups excluding carboxylic acids is 1. The lowest BCUT2D eigenvalue weighted by Gasteiger charge is -2.10. The normalized spacial score (nSPS) is 11.1. The molecule has 3 rings (SSSR count). The number of hydrogen-bond donors (Lipinski definition) is 1. The Hall–Kier alpha value is -2.57.